The summed E-state index contributed by atoms with van der Waals surface area (Å²) in [5.74, 6) is 9.74. The third kappa shape index (κ3) is 3.04. The maximum absolute atomic E-state index is 6.95. The summed E-state index contributed by atoms with van der Waals surface area (Å²) in [4.78, 5) is 7.67. The van der Waals surface area contributed by atoms with Crippen molar-refractivity contribution in [3.8, 4) is 34.5 Å². The fraction of sp³-hybridized carbons (Fsp3) is 0.520. The summed E-state index contributed by atoms with van der Waals surface area (Å²) in [7, 11) is 3.22. The number of methoxy groups -OCH3 is 2. The first-order valence-electron chi connectivity index (χ1n) is 11.7. The number of hydrogen-bond acceptors (Lipinski definition) is 8. The molecule has 1 saturated carbocycles. The first-order valence-corrected chi connectivity index (χ1v) is 11.7. The van der Waals surface area contributed by atoms with Gasteiger partial charge >= 0.3 is 0 Å². The number of nitrogens with zero attached hydrogens (tertiary/aromatic N) is 1. The van der Waals surface area contributed by atoms with Gasteiger partial charge < -0.3 is 28.5 Å². The Morgan fingerprint density at radius 3 is 2.30 bits per heavy atom. The van der Waals surface area contributed by atoms with Crippen molar-refractivity contribution in [2.24, 2.45) is 11.8 Å². The SMILES string of the molecule is COc1cc(C2c3cc4c(cc3OC3(N5CCCC5)CCCC23)OCO4)cc(OC)c1ON. The average Bonchev–Trinajstić information content (AvgIpc) is 3.60. The summed E-state index contributed by atoms with van der Waals surface area (Å²) in [5, 5.41) is 0. The molecular weight excluding hydrogens is 424 g/mol. The molecule has 3 unspecified atom stereocenters. The van der Waals surface area contributed by atoms with E-state index >= 15 is 0 Å². The standard InChI is InChI=1S/C25H30N2O6/c1-28-21-10-15(11-22(29-2)24(21)33-26)23-16-12-19-20(31-14-30-19)13-18(16)32-25(7-5-6-17(23)25)27-8-3-4-9-27/h10-13,17,23H,3-9,14,26H2,1-2H3. The molecular formula is C25H30N2O6. The molecule has 1 aliphatic carbocycles. The number of rotatable bonds is 5. The number of hydrogen-bond donors (Lipinski definition) is 1. The quantitative estimate of drug-likeness (QED) is 0.683. The summed E-state index contributed by atoms with van der Waals surface area (Å²) >= 11 is 0. The third-order valence-electron chi connectivity index (χ3n) is 7.76. The van der Waals surface area contributed by atoms with E-state index in [4.69, 9.17) is 34.4 Å². The zero-order chi connectivity index (χ0) is 22.6. The second kappa shape index (κ2) is 7.88. The molecule has 2 N–H and O–H groups in total. The van der Waals surface area contributed by atoms with Gasteiger partial charge in [-0.05, 0) is 49.4 Å². The van der Waals surface area contributed by atoms with E-state index in [9.17, 15) is 0 Å². The molecule has 1 saturated heterocycles. The van der Waals surface area contributed by atoms with Crippen LogP contribution in [-0.2, 0) is 0 Å². The molecule has 33 heavy (non-hydrogen) atoms. The van der Waals surface area contributed by atoms with Crippen molar-refractivity contribution in [3.05, 3.63) is 35.4 Å². The molecule has 3 aliphatic heterocycles. The number of ether oxygens (including phenoxy) is 5. The van der Waals surface area contributed by atoms with E-state index in [0.717, 1.165) is 60.7 Å². The van der Waals surface area contributed by atoms with Crippen molar-refractivity contribution in [2.45, 2.75) is 43.7 Å². The van der Waals surface area contributed by atoms with Crippen LogP contribution in [0, 0.1) is 5.92 Å². The Labute approximate surface area is 193 Å². The smallest absolute Gasteiger partial charge is 0.231 e. The number of nitrogens with two attached hydrogens (primary N) is 1. The molecule has 2 aromatic rings. The van der Waals surface area contributed by atoms with Gasteiger partial charge in [-0.3, -0.25) is 4.90 Å². The average molecular weight is 455 g/mol. The van der Waals surface area contributed by atoms with Crippen molar-refractivity contribution in [1.82, 2.24) is 4.90 Å². The van der Waals surface area contributed by atoms with Crippen molar-refractivity contribution in [3.63, 3.8) is 0 Å². The molecule has 3 atom stereocenters. The fourth-order valence-corrected chi connectivity index (χ4v) is 6.38. The Morgan fingerprint density at radius 2 is 1.64 bits per heavy atom. The van der Waals surface area contributed by atoms with Gasteiger partial charge in [0, 0.05) is 43.0 Å². The van der Waals surface area contributed by atoms with E-state index in [1.54, 1.807) is 14.2 Å². The van der Waals surface area contributed by atoms with E-state index in [-0.39, 0.29) is 24.4 Å². The first kappa shape index (κ1) is 20.7. The molecule has 6 rings (SSSR count). The zero-order valence-corrected chi connectivity index (χ0v) is 19.1. The van der Waals surface area contributed by atoms with Gasteiger partial charge in [-0.25, -0.2) is 0 Å². The molecule has 2 aromatic carbocycles. The highest BCUT2D eigenvalue weighted by Crippen LogP contribution is 2.59. The van der Waals surface area contributed by atoms with Crippen LogP contribution < -0.4 is 34.4 Å². The topological polar surface area (TPSA) is 84.6 Å². The van der Waals surface area contributed by atoms with Crippen LogP contribution in [0.2, 0.25) is 0 Å². The maximum Gasteiger partial charge on any atom is 0.231 e. The lowest BCUT2D eigenvalue weighted by Gasteiger charge is -2.50. The summed E-state index contributed by atoms with van der Waals surface area (Å²) in [6.45, 7) is 2.36. The monoisotopic (exact) mass is 454 g/mol. The number of benzene rings is 2. The van der Waals surface area contributed by atoms with Crippen LogP contribution in [0.25, 0.3) is 0 Å². The fourth-order valence-electron chi connectivity index (χ4n) is 6.38. The van der Waals surface area contributed by atoms with Crippen LogP contribution >= 0.6 is 0 Å². The van der Waals surface area contributed by atoms with Crippen LogP contribution in [0.1, 0.15) is 49.1 Å². The predicted molar refractivity (Wildman–Crippen MR) is 120 cm³/mol. The highest BCUT2D eigenvalue weighted by atomic mass is 16.7. The summed E-state index contributed by atoms with van der Waals surface area (Å²) in [5.41, 5.74) is 1.86. The molecule has 4 aliphatic rings. The Kier molecular flexibility index (Phi) is 4.96. The molecule has 2 fully saturated rings. The van der Waals surface area contributed by atoms with Crippen LogP contribution in [0.3, 0.4) is 0 Å². The Morgan fingerprint density at radius 1 is 0.939 bits per heavy atom. The first-order chi connectivity index (χ1) is 16.2. The van der Waals surface area contributed by atoms with Crippen LogP contribution in [0.4, 0.5) is 0 Å². The van der Waals surface area contributed by atoms with Gasteiger partial charge in [-0.15, -0.1) is 0 Å². The minimum atomic E-state index is -0.328. The van der Waals surface area contributed by atoms with E-state index in [1.165, 1.54) is 12.8 Å². The molecule has 0 spiro atoms. The summed E-state index contributed by atoms with van der Waals surface area (Å²) < 4.78 is 29.6. The van der Waals surface area contributed by atoms with Gasteiger partial charge in [-0.2, -0.15) is 5.90 Å². The highest BCUT2D eigenvalue weighted by molar-refractivity contribution is 5.60. The molecule has 0 aromatic heterocycles. The minimum absolute atomic E-state index is 0.0703. The van der Waals surface area contributed by atoms with Gasteiger partial charge in [-0.1, -0.05) is 0 Å². The molecule has 3 heterocycles. The zero-order valence-electron chi connectivity index (χ0n) is 19.1. The van der Waals surface area contributed by atoms with Crippen molar-refractivity contribution in [1.29, 1.82) is 0 Å². The van der Waals surface area contributed by atoms with Crippen LogP contribution in [0.15, 0.2) is 24.3 Å². The van der Waals surface area contributed by atoms with Crippen molar-refractivity contribution >= 4 is 0 Å². The van der Waals surface area contributed by atoms with Crippen molar-refractivity contribution in [2.75, 3.05) is 34.1 Å². The second-order valence-corrected chi connectivity index (χ2v) is 9.23. The van der Waals surface area contributed by atoms with Crippen LogP contribution in [0.5, 0.6) is 34.5 Å². The highest BCUT2D eigenvalue weighted by Gasteiger charge is 2.57. The van der Waals surface area contributed by atoms with Gasteiger partial charge in [0.25, 0.3) is 0 Å². The van der Waals surface area contributed by atoms with E-state index < -0.39 is 0 Å². The number of likely N-dealkylation sites (tertiary alicyclic amines) is 1. The summed E-state index contributed by atoms with van der Waals surface area (Å²) in [6, 6.07) is 8.12. The Hall–Kier alpha value is -2.84. The van der Waals surface area contributed by atoms with Crippen molar-refractivity contribution < 1.29 is 28.5 Å². The predicted octanol–water partition coefficient (Wildman–Crippen LogP) is 3.80. The molecule has 0 radical (unpaired) electrons. The number of fused-ring (bicyclic) bond motifs is 3. The molecule has 8 nitrogen and oxygen atoms in total. The molecule has 0 amide bonds. The molecule has 8 heteroatoms. The largest absolute Gasteiger partial charge is 0.493 e. The third-order valence-corrected chi connectivity index (χ3v) is 7.76. The lowest BCUT2D eigenvalue weighted by molar-refractivity contribution is -0.117. The Bertz CT molecular complexity index is 1040. The van der Waals surface area contributed by atoms with Gasteiger partial charge in [0.05, 0.1) is 14.2 Å². The van der Waals surface area contributed by atoms with E-state index in [1.807, 2.05) is 18.2 Å². The molecule has 176 valence electrons. The second-order valence-electron chi connectivity index (χ2n) is 9.23. The van der Waals surface area contributed by atoms with Gasteiger partial charge in [0.2, 0.25) is 12.5 Å². The normalized spacial score (nSPS) is 27.6. The molecule has 0 bridgehead atoms. The van der Waals surface area contributed by atoms with E-state index in [0.29, 0.717) is 17.2 Å². The summed E-state index contributed by atoms with van der Waals surface area (Å²) in [6.07, 6.45) is 5.63. The Balaban J connectivity index is 1.56. The maximum atomic E-state index is 6.95. The van der Waals surface area contributed by atoms with E-state index in [2.05, 4.69) is 11.0 Å². The van der Waals surface area contributed by atoms with Gasteiger partial charge in [0.15, 0.2) is 28.7 Å². The lowest BCUT2D eigenvalue weighted by Crippen LogP contribution is -2.58. The lowest BCUT2D eigenvalue weighted by atomic mass is 9.73. The van der Waals surface area contributed by atoms with Gasteiger partial charge in [0.1, 0.15) is 5.75 Å². The van der Waals surface area contributed by atoms with Crippen LogP contribution in [-0.4, -0.2) is 44.7 Å². The minimum Gasteiger partial charge on any atom is -0.493 e.